The molecule has 2 aromatic heterocycles. The van der Waals surface area contributed by atoms with E-state index in [2.05, 4.69) is 28.7 Å². The molecule has 0 bridgehead atoms. The van der Waals surface area contributed by atoms with Crippen LogP contribution in [-0.4, -0.2) is 32.6 Å². The quantitative estimate of drug-likeness (QED) is 0.708. The van der Waals surface area contributed by atoms with Gasteiger partial charge in [0.05, 0.1) is 12.4 Å². The third kappa shape index (κ3) is 3.35. The second kappa shape index (κ2) is 7.42. The van der Waals surface area contributed by atoms with E-state index >= 15 is 0 Å². The summed E-state index contributed by atoms with van der Waals surface area (Å²) in [5, 5.41) is 9.02. The summed E-state index contributed by atoms with van der Waals surface area (Å²) >= 11 is 0. The minimum absolute atomic E-state index is 0.0417. The molecule has 7 nitrogen and oxygen atoms in total. The van der Waals surface area contributed by atoms with Crippen LogP contribution in [0.4, 0.5) is 5.82 Å². The molecule has 0 aliphatic carbocycles. The molecule has 28 heavy (non-hydrogen) atoms. The molecule has 144 valence electrons. The van der Waals surface area contributed by atoms with Gasteiger partial charge in [0.15, 0.2) is 5.69 Å². The Balaban J connectivity index is 1.69. The van der Waals surface area contributed by atoms with Crippen molar-refractivity contribution in [2.45, 2.75) is 38.6 Å². The molecule has 4 rings (SSSR count). The maximum Gasteiger partial charge on any atom is 0.356 e. The van der Waals surface area contributed by atoms with Crippen LogP contribution >= 0.6 is 0 Å². The van der Waals surface area contributed by atoms with Crippen molar-refractivity contribution in [3.05, 3.63) is 60.1 Å². The van der Waals surface area contributed by atoms with Gasteiger partial charge in [-0.15, -0.1) is 0 Å². The van der Waals surface area contributed by atoms with E-state index in [9.17, 15) is 4.79 Å². The van der Waals surface area contributed by atoms with Crippen molar-refractivity contribution in [3.8, 4) is 11.3 Å². The van der Waals surface area contributed by atoms with Crippen molar-refractivity contribution in [2.75, 3.05) is 11.4 Å². The lowest BCUT2D eigenvalue weighted by Crippen LogP contribution is -2.24. The lowest BCUT2D eigenvalue weighted by Gasteiger charge is -2.22. The molecule has 1 atom stereocenters. The molecule has 0 saturated carbocycles. The van der Waals surface area contributed by atoms with E-state index in [1.165, 1.54) is 12.4 Å². The standard InChI is InChI=1S/C21H22N4O3/c1-13(2)19-18(14-7-4-3-5-8-14)24-20(28-19)16-9-6-10-25(16)17-12-22-15(11-23-17)21(26)27/h3-5,7-8,11-13,16H,6,9-10H2,1-2H3,(H,26,27). The van der Waals surface area contributed by atoms with Crippen LogP contribution in [0.3, 0.4) is 0 Å². The minimum atomic E-state index is -1.08. The number of carbonyl (C=O) groups is 1. The average Bonchev–Trinajstić information content (AvgIpc) is 3.36. The Kier molecular flexibility index (Phi) is 4.81. The molecular formula is C21H22N4O3. The number of hydrogen-bond donors (Lipinski definition) is 1. The first kappa shape index (κ1) is 18.2. The Hall–Kier alpha value is -3.22. The molecule has 1 fully saturated rings. The first-order valence-corrected chi connectivity index (χ1v) is 9.42. The van der Waals surface area contributed by atoms with Gasteiger partial charge in [0.1, 0.15) is 23.3 Å². The van der Waals surface area contributed by atoms with Crippen LogP contribution in [0.1, 0.15) is 60.8 Å². The molecule has 1 aliphatic heterocycles. The molecule has 3 heterocycles. The zero-order valence-electron chi connectivity index (χ0n) is 15.9. The van der Waals surface area contributed by atoms with Gasteiger partial charge < -0.3 is 14.4 Å². The maximum atomic E-state index is 11.0. The van der Waals surface area contributed by atoms with Gasteiger partial charge in [0.25, 0.3) is 0 Å². The van der Waals surface area contributed by atoms with Crippen molar-refractivity contribution in [3.63, 3.8) is 0 Å². The van der Waals surface area contributed by atoms with Crippen LogP contribution in [0.2, 0.25) is 0 Å². The van der Waals surface area contributed by atoms with Gasteiger partial charge in [0, 0.05) is 18.0 Å². The Morgan fingerprint density at radius 3 is 2.64 bits per heavy atom. The van der Waals surface area contributed by atoms with E-state index in [0.717, 1.165) is 36.4 Å². The highest BCUT2D eigenvalue weighted by Gasteiger charge is 2.33. The van der Waals surface area contributed by atoms with E-state index in [4.69, 9.17) is 14.5 Å². The van der Waals surface area contributed by atoms with Crippen LogP contribution in [0.15, 0.2) is 47.1 Å². The van der Waals surface area contributed by atoms with Crippen molar-refractivity contribution < 1.29 is 14.3 Å². The minimum Gasteiger partial charge on any atom is -0.476 e. The highest BCUT2D eigenvalue weighted by atomic mass is 16.4. The molecule has 1 saturated heterocycles. The van der Waals surface area contributed by atoms with E-state index in [1.54, 1.807) is 0 Å². The fourth-order valence-electron chi connectivity index (χ4n) is 3.56. The molecule has 1 aromatic carbocycles. The van der Waals surface area contributed by atoms with E-state index in [-0.39, 0.29) is 17.7 Å². The molecule has 0 radical (unpaired) electrons. The van der Waals surface area contributed by atoms with Gasteiger partial charge in [-0.1, -0.05) is 44.2 Å². The number of oxazole rings is 1. The largest absolute Gasteiger partial charge is 0.476 e. The van der Waals surface area contributed by atoms with Gasteiger partial charge in [-0.3, -0.25) is 0 Å². The van der Waals surface area contributed by atoms with Gasteiger partial charge in [-0.2, -0.15) is 0 Å². The summed E-state index contributed by atoms with van der Waals surface area (Å²) < 4.78 is 6.23. The summed E-state index contributed by atoms with van der Waals surface area (Å²) in [7, 11) is 0. The monoisotopic (exact) mass is 378 g/mol. The SMILES string of the molecule is CC(C)c1oc(C2CCCN2c2cnc(C(=O)O)cn2)nc1-c1ccccc1. The molecule has 3 aromatic rings. The molecule has 1 N–H and O–H groups in total. The fourth-order valence-corrected chi connectivity index (χ4v) is 3.56. The lowest BCUT2D eigenvalue weighted by molar-refractivity contribution is 0.0690. The number of aromatic carboxylic acids is 1. The molecule has 7 heteroatoms. The number of carboxylic acid groups (broad SMARTS) is 1. The number of anilines is 1. The Bertz CT molecular complexity index is 967. The van der Waals surface area contributed by atoms with Gasteiger partial charge >= 0.3 is 5.97 Å². The van der Waals surface area contributed by atoms with Crippen LogP contribution in [0.25, 0.3) is 11.3 Å². The fraction of sp³-hybridized carbons (Fsp3) is 0.333. The second-order valence-corrected chi connectivity index (χ2v) is 7.20. The first-order chi connectivity index (χ1) is 13.5. The molecule has 1 aliphatic rings. The summed E-state index contributed by atoms with van der Waals surface area (Å²) in [6.07, 6.45) is 4.67. The second-order valence-electron chi connectivity index (χ2n) is 7.20. The lowest BCUT2D eigenvalue weighted by atomic mass is 10.0. The number of aromatic nitrogens is 3. The van der Waals surface area contributed by atoms with Crippen LogP contribution in [0.5, 0.6) is 0 Å². The smallest absolute Gasteiger partial charge is 0.356 e. The molecular weight excluding hydrogens is 356 g/mol. The Morgan fingerprint density at radius 1 is 1.21 bits per heavy atom. The van der Waals surface area contributed by atoms with Crippen LogP contribution < -0.4 is 4.90 Å². The topological polar surface area (TPSA) is 92.4 Å². The highest BCUT2D eigenvalue weighted by molar-refractivity contribution is 5.84. The normalized spacial score (nSPS) is 16.7. The predicted molar refractivity (Wildman–Crippen MR) is 104 cm³/mol. The summed E-state index contributed by atoms with van der Waals surface area (Å²) in [5.74, 6) is 1.31. The summed E-state index contributed by atoms with van der Waals surface area (Å²) in [6.45, 7) is 4.99. The van der Waals surface area contributed by atoms with E-state index < -0.39 is 5.97 Å². The Labute approximate surface area is 163 Å². The van der Waals surface area contributed by atoms with Crippen molar-refractivity contribution in [2.24, 2.45) is 0 Å². The average molecular weight is 378 g/mol. The zero-order valence-corrected chi connectivity index (χ0v) is 15.9. The van der Waals surface area contributed by atoms with Crippen molar-refractivity contribution in [1.29, 1.82) is 0 Å². The number of nitrogens with zero attached hydrogens (tertiary/aromatic N) is 4. The number of hydrogen-bond acceptors (Lipinski definition) is 6. The maximum absolute atomic E-state index is 11.0. The zero-order chi connectivity index (χ0) is 19.7. The summed E-state index contributed by atoms with van der Waals surface area (Å²) in [6, 6.07) is 10.0. The van der Waals surface area contributed by atoms with E-state index in [0.29, 0.717) is 11.7 Å². The predicted octanol–water partition coefficient (Wildman–Crippen LogP) is 4.29. The van der Waals surface area contributed by atoms with Crippen LogP contribution in [-0.2, 0) is 0 Å². The molecule has 0 spiro atoms. The number of carboxylic acids is 1. The van der Waals surface area contributed by atoms with Gasteiger partial charge in [0.2, 0.25) is 5.89 Å². The van der Waals surface area contributed by atoms with Crippen LogP contribution in [0, 0.1) is 0 Å². The Morgan fingerprint density at radius 2 is 2.00 bits per heavy atom. The molecule has 0 amide bonds. The van der Waals surface area contributed by atoms with Gasteiger partial charge in [-0.25, -0.2) is 19.7 Å². The third-order valence-electron chi connectivity index (χ3n) is 4.93. The summed E-state index contributed by atoms with van der Waals surface area (Å²) in [4.78, 5) is 26.2. The van der Waals surface area contributed by atoms with Gasteiger partial charge in [-0.05, 0) is 12.8 Å². The van der Waals surface area contributed by atoms with E-state index in [1.807, 2.05) is 30.3 Å². The number of benzene rings is 1. The molecule has 1 unspecified atom stereocenters. The van der Waals surface area contributed by atoms with Crippen molar-refractivity contribution in [1.82, 2.24) is 15.0 Å². The summed E-state index contributed by atoms with van der Waals surface area (Å²) in [5.41, 5.74) is 1.85. The van der Waals surface area contributed by atoms with Crippen molar-refractivity contribution >= 4 is 11.8 Å². The first-order valence-electron chi connectivity index (χ1n) is 9.42. The highest BCUT2D eigenvalue weighted by Crippen LogP contribution is 2.38. The number of rotatable bonds is 5. The third-order valence-corrected chi connectivity index (χ3v) is 4.93.